The van der Waals surface area contributed by atoms with Gasteiger partial charge >= 0.3 is 5.91 Å². The number of amides is 1. The van der Waals surface area contributed by atoms with Gasteiger partial charge < -0.3 is 13.9 Å². The Morgan fingerprint density at radius 3 is 2.70 bits per heavy atom. The topological polar surface area (TPSA) is 78.1 Å². The van der Waals surface area contributed by atoms with Crippen LogP contribution >= 0.6 is 0 Å². The van der Waals surface area contributed by atoms with Gasteiger partial charge in [0, 0.05) is 17.2 Å². The zero-order chi connectivity index (χ0) is 19.2. The van der Waals surface area contributed by atoms with Gasteiger partial charge in [-0.15, -0.1) is 4.91 Å². The average Bonchev–Trinajstić information content (AvgIpc) is 2.91. The minimum absolute atomic E-state index is 0.0717. The molecule has 1 aromatic heterocycles. The first kappa shape index (κ1) is 18.4. The van der Waals surface area contributed by atoms with E-state index >= 15 is 0 Å². The van der Waals surface area contributed by atoms with Crippen LogP contribution in [0.1, 0.15) is 33.9 Å². The molecule has 0 spiro atoms. The van der Waals surface area contributed by atoms with Crippen molar-refractivity contribution in [2.45, 2.75) is 20.0 Å². The Hall–Kier alpha value is -3.41. The molecule has 6 heteroatoms. The van der Waals surface area contributed by atoms with Crippen molar-refractivity contribution in [1.29, 1.82) is 0 Å². The highest BCUT2D eigenvalue weighted by Gasteiger charge is 2.15. The second kappa shape index (κ2) is 8.31. The highest BCUT2D eigenvalue weighted by atomic mass is 16.5. The number of benzene rings is 1. The van der Waals surface area contributed by atoms with Crippen LogP contribution in [0.15, 0.2) is 70.0 Å². The van der Waals surface area contributed by atoms with Gasteiger partial charge in [0.2, 0.25) is 0 Å². The van der Waals surface area contributed by atoms with E-state index in [-0.39, 0.29) is 12.4 Å². The molecule has 1 aromatic carbocycles. The largest absolute Gasteiger partial charge is 0.497 e. The van der Waals surface area contributed by atoms with Crippen molar-refractivity contribution in [1.82, 2.24) is 0 Å². The van der Waals surface area contributed by atoms with Gasteiger partial charge in [0.05, 0.1) is 7.11 Å². The smallest absolute Gasteiger partial charge is 0.351 e. The predicted octanol–water partition coefficient (Wildman–Crippen LogP) is 4.95. The van der Waals surface area contributed by atoms with Crippen molar-refractivity contribution in [2.24, 2.45) is 5.18 Å². The molecule has 2 aromatic rings. The number of ether oxygens (including phenoxy) is 2. The summed E-state index contributed by atoms with van der Waals surface area (Å²) in [5.74, 6) is 1.14. The molecule has 0 saturated carbocycles. The van der Waals surface area contributed by atoms with Crippen LogP contribution in [0, 0.1) is 11.8 Å². The van der Waals surface area contributed by atoms with E-state index in [1.54, 1.807) is 14.0 Å². The van der Waals surface area contributed by atoms with E-state index in [0.29, 0.717) is 17.7 Å². The summed E-state index contributed by atoms with van der Waals surface area (Å²) in [5, 5.41) is 2.36. The van der Waals surface area contributed by atoms with Gasteiger partial charge in [-0.05, 0) is 42.3 Å². The molecule has 0 radical (unpaired) electrons. The van der Waals surface area contributed by atoms with Crippen LogP contribution in [-0.2, 0) is 11.3 Å². The maximum absolute atomic E-state index is 11.3. The molecular formula is C21H19NO5. The Morgan fingerprint density at radius 2 is 2.00 bits per heavy atom. The second-order valence-corrected chi connectivity index (χ2v) is 5.97. The first-order chi connectivity index (χ1) is 13.1. The number of nitrogens with zero attached hydrogens (tertiary/aromatic N) is 1. The van der Waals surface area contributed by atoms with E-state index in [1.165, 1.54) is 6.07 Å². The summed E-state index contributed by atoms with van der Waals surface area (Å²) in [7, 11) is 1.64. The lowest BCUT2D eigenvalue weighted by molar-refractivity contribution is 0.0973. The molecule has 0 unspecified atom stereocenters. The summed E-state index contributed by atoms with van der Waals surface area (Å²) in [5.41, 5.74) is 2.86. The number of allylic oxidation sites excluding steroid dienone is 5. The van der Waals surface area contributed by atoms with E-state index in [9.17, 15) is 9.70 Å². The van der Waals surface area contributed by atoms with Gasteiger partial charge in [0.25, 0.3) is 0 Å². The minimum Gasteiger partial charge on any atom is -0.497 e. The zero-order valence-electron chi connectivity index (χ0n) is 15.1. The molecule has 1 aliphatic rings. The maximum Gasteiger partial charge on any atom is 0.351 e. The minimum atomic E-state index is -0.923. The fourth-order valence-electron chi connectivity index (χ4n) is 2.68. The molecule has 0 bridgehead atoms. The Balaban J connectivity index is 1.69. The quantitative estimate of drug-likeness (QED) is 0.677. The fourth-order valence-corrected chi connectivity index (χ4v) is 2.68. The number of aryl methyl sites for hydroxylation is 1. The third kappa shape index (κ3) is 4.41. The summed E-state index contributed by atoms with van der Waals surface area (Å²) >= 11 is 0. The standard InChI is InChI=1S/C21H19NO5/c1-14-17(12-20(27-14)21(23)22-24)13-26-19-5-3-4-15(8-11-19)16-6-9-18(25-2)10-7-16/h3-4,6-12H,5,13H2,1-2H3. The Labute approximate surface area is 156 Å². The molecule has 1 heterocycles. The highest BCUT2D eigenvalue weighted by Crippen LogP contribution is 2.24. The molecule has 138 valence electrons. The summed E-state index contributed by atoms with van der Waals surface area (Å²) in [4.78, 5) is 21.6. The van der Waals surface area contributed by atoms with Gasteiger partial charge in [-0.3, -0.25) is 4.79 Å². The van der Waals surface area contributed by atoms with Crippen LogP contribution in [0.3, 0.4) is 0 Å². The van der Waals surface area contributed by atoms with Crippen LogP contribution in [0.4, 0.5) is 0 Å². The summed E-state index contributed by atoms with van der Waals surface area (Å²) in [6.45, 7) is 1.95. The number of rotatable bonds is 6. The molecular weight excluding hydrogens is 346 g/mol. The third-order valence-corrected chi connectivity index (χ3v) is 4.22. The highest BCUT2D eigenvalue weighted by molar-refractivity contribution is 5.92. The van der Waals surface area contributed by atoms with Crippen LogP contribution < -0.4 is 4.74 Å². The molecule has 0 fully saturated rings. The summed E-state index contributed by atoms with van der Waals surface area (Å²) < 4.78 is 16.3. The molecule has 6 nitrogen and oxygen atoms in total. The first-order valence-electron chi connectivity index (χ1n) is 8.42. The lowest BCUT2D eigenvalue weighted by Crippen LogP contribution is -1.93. The van der Waals surface area contributed by atoms with Gasteiger partial charge in [-0.2, -0.15) is 0 Å². The van der Waals surface area contributed by atoms with Crippen LogP contribution in [-0.4, -0.2) is 13.0 Å². The number of hydrogen-bond acceptors (Lipinski definition) is 5. The molecule has 0 atom stereocenters. The Bertz CT molecular complexity index is 932. The van der Waals surface area contributed by atoms with Crippen molar-refractivity contribution in [2.75, 3.05) is 7.11 Å². The maximum atomic E-state index is 11.3. The van der Waals surface area contributed by atoms with Gasteiger partial charge in [0.1, 0.15) is 23.9 Å². The fraction of sp³-hybridized carbons (Fsp3) is 0.190. The van der Waals surface area contributed by atoms with Crippen LogP contribution in [0.25, 0.3) is 5.57 Å². The monoisotopic (exact) mass is 365 g/mol. The van der Waals surface area contributed by atoms with Gasteiger partial charge in [0.15, 0.2) is 5.76 Å². The molecule has 0 saturated heterocycles. The lowest BCUT2D eigenvalue weighted by atomic mass is 10.1. The molecule has 1 amide bonds. The SMILES string of the molecule is COc1ccc(C2=CC=C(OCc3cc(C(=O)N=O)oc3C)CC=C2)cc1. The van der Waals surface area contributed by atoms with Crippen molar-refractivity contribution in [3.05, 3.63) is 87.9 Å². The molecule has 1 aliphatic carbocycles. The summed E-state index contributed by atoms with van der Waals surface area (Å²) in [6.07, 6.45) is 8.64. The van der Waals surface area contributed by atoms with Crippen LogP contribution in [0.5, 0.6) is 5.75 Å². The lowest BCUT2D eigenvalue weighted by Gasteiger charge is -2.06. The number of carbonyl (C=O) groups is 1. The van der Waals surface area contributed by atoms with Crippen molar-refractivity contribution in [3.8, 4) is 5.75 Å². The third-order valence-electron chi connectivity index (χ3n) is 4.22. The summed E-state index contributed by atoms with van der Waals surface area (Å²) in [6, 6.07) is 9.34. The Morgan fingerprint density at radius 1 is 1.22 bits per heavy atom. The molecule has 0 N–H and O–H groups in total. The molecule has 0 aliphatic heterocycles. The number of methoxy groups -OCH3 is 1. The number of hydrogen-bond donors (Lipinski definition) is 0. The normalized spacial score (nSPS) is 13.4. The van der Waals surface area contributed by atoms with E-state index in [4.69, 9.17) is 13.9 Å². The predicted molar refractivity (Wildman–Crippen MR) is 101 cm³/mol. The number of carbonyl (C=O) groups excluding carboxylic acids is 1. The van der Waals surface area contributed by atoms with Crippen molar-refractivity contribution >= 4 is 11.5 Å². The van der Waals surface area contributed by atoms with Crippen molar-refractivity contribution in [3.63, 3.8) is 0 Å². The Kier molecular flexibility index (Phi) is 5.66. The number of nitroso groups, excluding NO2 is 1. The average molecular weight is 365 g/mol. The molecule has 27 heavy (non-hydrogen) atoms. The van der Waals surface area contributed by atoms with Crippen molar-refractivity contribution < 1.29 is 18.7 Å². The van der Waals surface area contributed by atoms with E-state index < -0.39 is 5.91 Å². The van der Waals surface area contributed by atoms with E-state index in [0.717, 1.165) is 22.6 Å². The molecule has 3 rings (SSSR count). The van der Waals surface area contributed by atoms with E-state index in [2.05, 4.69) is 5.18 Å². The van der Waals surface area contributed by atoms with E-state index in [1.807, 2.05) is 48.6 Å². The zero-order valence-corrected chi connectivity index (χ0v) is 15.1. The first-order valence-corrected chi connectivity index (χ1v) is 8.42. The van der Waals surface area contributed by atoms with Gasteiger partial charge in [-0.25, -0.2) is 0 Å². The number of furan rings is 1. The second-order valence-electron chi connectivity index (χ2n) is 5.97. The van der Waals surface area contributed by atoms with Crippen LogP contribution in [0.2, 0.25) is 0 Å². The van der Waals surface area contributed by atoms with Gasteiger partial charge in [-0.1, -0.05) is 30.4 Å².